The fraction of sp³-hybridized carbons (Fsp3) is 0.286. The molecule has 1 unspecified atom stereocenters. The first-order valence-electron chi connectivity index (χ1n) is 6.70. The van der Waals surface area contributed by atoms with Crippen molar-refractivity contribution in [2.75, 3.05) is 0 Å². The zero-order valence-electron chi connectivity index (χ0n) is 11.7. The molecular formula is C14H17N5O2. The molecule has 0 spiro atoms. The second-order valence-electron chi connectivity index (χ2n) is 4.54. The molecule has 21 heavy (non-hydrogen) atoms. The van der Waals surface area contributed by atoms with Crippen molar-refractivity contribution >= 4 is 12.0 Å². The molecule has 0 aliphatic heterocycles. The normalized spacial score (nSPS) is 12.4. The maximum absolute atomic E-state index is 11.9. The van der Waals surface area contributed by atoms with E-state index < -0.39 is 0 Å². The lowest BCUT2D eigenvalue weighted by atomic mass is 10.1. The van der Waals surface area contributed by atoms with Crippen LogP contribution in [0.25, 0.3) is 6.08 Å². The van der Waals surface area contributed by atoms with Crippen LogP contribution in [0.15, 0.2) is 30.3 Å². The van der Waals surface area contributed by atoms with Gasteiger partial charge in [0.05, 0.1) is 6.04 Å². The Kier molecular flexibility index (Phi) is 5.03. The molecule has 0 radical (unpaired) electrons. The molecule has 0 saturated heterocycles. The van der Waals surface area contributed by atoms with Crippen LogP contribution >= 0.6 is 0 Å². The van der Waals surface area contributed by atoms with Gasteiger partial charge in [0.25, 0.3) is 0 Å². The number of amides is 1. The standard InChI is InChI=1S/C14H17N5O2/c1-2-3-12(14-16-18-19-17-14)15-13(21)9-6-10-4-7-11(20)8-5-10/h4-9,12,20H,2-3H2,1H3,(H,15,21)(H,16,17,18,19). The van der Waals surface area contributed by atoms with Gasteiger partial charge in [-0.05, 0) is 30.2 Å². The number of benzene rings is 1. The van der Waals surface area contributed by atoms with Gasteiger partial charge in [-0.1, -0.05) is 30.7 Å². The summed E-state index contributed by atoms with van der Waals surface area (Å²) in [5.41, 5.74) is 0.828. The smallest absolute Gasteiger partial charge is 0.244 e. The van der Waals surface area contributed by atoms with Gasteiger partial charge in [-0.2, -0.15) is 5.21 Å². The Morgan fingerprint density at radius 3 is 2.81 bits per heavy atom. The van der Waals surface area contributed by atoms with E-state index in [0.717, 1.165) is 18.4 Å². The zero-order valence-corrected chi connectivity index (χ0v) is 11.7. The van der Waals surface area contributed by atoms with Crippen LogP contribution in [0.1, 0.15) is 37.2 Å². The highest BCUT2D eigenvalue weighted by atomic mass is 16.3. The van der Waals surface area contributed by atoms with E-state index in [2.05, 4.69) is 25.9 Å². The van der Waals surface area contributed by atoms with Crippen LogP contribution in [-0.4, -0.2) is 31.6 Å². The minimum atomic E-state index is -0.259. The van der Waals surface area contributed by atoms with Gasteiger partial charge in [0, 0.05) is 6.08 Å². The number of phenolic OH excluding ortho intramolecular Hbond substituents is 1. The van der Waals surface area contributed by atoms with Crippen molar-refractivity contribution in [1.82, 2.24) is 25.9 Å². The van der Waals surface area contributed by atoms with Crippen LogP contribution in [0.5, 0.6) is 5.75 Å². The zero-order chi connectivity index (χ0) is 15.1. The Morgan fingerprint density at radius 2 is 2.19 bits per heavy atom. The molecule has 1 amide bonds. The quantitative estimate of drug-likeness (QED) is 0.700. The highest BCUT2D eigenvalue weighted by molar-refractivity contribution is 5.91. The second kappa shape index (κ2) is 7.18. The summed E-state index contributed by atoms with van der Waals surface area (Å²) in [6, 6.07) is 6.32. The summed E-state index contributed by atoms with van der Waals surface area (Å²) in [6.07, 6.45) is 4.74. The number of aromatic amines is 1. The SMILES string of the molecule is CCCC(NC(=O)C=Cc1ccc(O)cc1)c1nn[nH]n1. The highest BCUT2D eigenvalue weighted by Crippen LogP contribution is 2.13. The summed E-state index contributed by atoms with van der Waals surface area (Å²) < 4.78 is 0. The number of nitrogens with zero attached hydrogens (tertiary/aromatic N) is 3. The van der Waals surface area contributed by atoms with Crippen LogP contribution in [0.2, 0.25) is 0 Å². The number of carbonyl (C=O) groups is 1. The van der Waals surface area contributed by atoms with E-state index in [1.807, 2.05) is 6.92 Å². The van der Waals surface area contributed by atoms with E-state index in [-0.39, 0.29) is 17.7 Å². The van der Waals surface area contributed by atoms with Crippen LogP contribution in [0.4, 0.5) is 0 Å². The lowest BCUT2D eigenvalue weighted by Gasteiger charge is -2.12. The fourth-order valence-electron chi connectivity index (χ4n) is 1.85. The van der Waals surface area contributed by atoms with Gasteiger partial charge in [0.1, 0.15) is 5.75 Å². The van der Waals surface area contributed by atoms with Crippen LogP contribution < -0.4 is 5.32 Å². The number of tetrazole rings is 1. The van der Waals surface area contributed by atoms with E-state index in [1.54, 1.807) is 30.3 Å². The Bertz CT molecular complexity index is 592. The van der Waals surface area contributed by atoms with Crippen molar-refractivity contribution in [3.63, 3.8) is 0 Å². The number of H-pyrrole nitrogens is 1. The van der Waals surface area contributed by atoms with Gasteiger partial charge >= 0.3 is 0 Å². The van der Waals surface area contributed by atoms with Gasteiger partial charge < -0.3 is 10.4 Å². The summed E-state index contributed by atoms with van der Waals surface area (Å²) in [4.78, 5) is 11.9. The number of nitrogens with one attached hydrogen (secondary N) is 2. The van der Waals surface area contributed by atoms with Crippen molar-refractivity contribution in [3.8, 4) is 5.75 Å². The van der Waals surface area contributed by atoms with E-state index in [9.17, 15) is 9.90 Å². The van der Waals surface area contributed by atoms with Crippen molar-refractivity contribution in [1.29, 1.82) is 0 Å². The van der Waals surface area contributed by atoms with Gasteiger partial charge in [-0.25, -0.2) is 0 Å². The van der Waals surface area contributed by atoms with Crippen molar-refractivity contribution in [3.05, 3.63) is 41.7 Å². The summed E-state index contributed by atoms with van der Waals surface area (Å²) in [6.45, 7) is 2.02. The van der Waals surface area contributed by atoms with E-state index in [0.29, 0.717) is 5.82 Å². The summed E-state index contributed by atoms with van der Waals surface area (Å²) in [7, 11) is 0. The number of phenols is 1. The number of carbonyl (C=O) groups excluding carboxylic acids is 1. The molecule has 2 aromatic rings. The highest BCUT2D eigenvalue weighted by Gasteiger charge is 2.16. The third-order valence-electron chi connectivity index (χ3n) is 2.89. The minimum Gasteiger partial charge on any atom is -0.508 e. The predicted molar refractivity (Wildman–Crippen MR) is 77.1 cm³/mol. The molecule has 0 aliphatic rings. The molecule has 1 heterocycles. The Labute approximate surface area is 122 Å². The second-order valence-corrected chi connectivity index (χ2v) is 4.54. The lowest BCUT2D eigenvalue weighted by molar-refractivity contribution is -0.117. The van der Waals surface area contributed by atoms with Gasteiger partial charge in [0.15, 0.2) is 5.82 Å². The van der Waals surface area contributed by atoms with E-state index >= 15 is 0 Å². The van der Waals surface area contributed by atoms with Gasteiger partial charge in [-0.3, -0.25) is 4.79 Å². The number of hydrogen-bond acceptors (Lipinski definition) is 5. The third kappa shape index (κ3) is 4.41. The largest absolute Gasteiger partial charge is 0.508 e. The molecule has 1 atom stereocenters. The average molecular weight is 287 g/mol. The molecule has 110 valence electrons. The van der Waals surface area contributed by atoms with Crippen molar-refractivity contribution in [2.45, 2.75) is 25.8 Å². The van der Waals surface area contributed by atoms with Crippen molar-refractivity contribution in [2.24, 2.45) is 0 Å². The van der Waals surface area contributed by atoms with E-state index in [1.165, 1.54) is 6.08 Å². The first-order chi connectivity index (χ1) is 10.2. The molecule has 2 rings (SSSR count). The molecular weight excluding hydrogens is 270 g/mol. The monoisotopic (exact) mass is 287 g/mol. The maximum atomic E-state index is 11.9. The Morgan fingerprint density at radius 1 is 1.43 bits per heavy atom. The molecule has 7 heteroatoms. The van der Waals surface area contributed by atoms with Crippen LogP contribution in [0.3, 0.4) is 0 Å². The Balaban J connectivity index is 1.97. The van der Waals surface area contributed by atoms with Gasteiger partial charge in [-0.15, -0.1) is 10.2 Å². The molecule has 3 N–H and O–H groups in total. The molecule has 0 bridgehead atoms. The van der Waals surface area contributed by atoms with Gasteiger partial charge in [0.2, 0.25) is 5.91 Å². The molecule has 7 nitrogen and oxygen atoms in total. The average Bonchev–Trinajstić information content (AvgIpc) is 3.00. The molecule has 0 aliphatic carbocycles. The fourth-order valence-corrected chi connectivity index (χ4v) is 1.85. The minimum absolute atomic E-state index is 0.191. The summed E-state index contributed by atoms with van der Waals surface area (Å²) >= 11 is 0. The summed E-state index contributed by atoms with van der Waals surface area (Å²) in [5.74, 6) is 0.436. The van der Waals surface area contributed by atoms with Crippen LogP contribution in [0, 0.1) is 0 Å². The topological polar surface area (TPSA) is 104 Å². The molecule has 0 fully saturated rings. The first kappa shape index (κ1) is 14.7. The molecule has 0 saturated carbocycles. The number of hydrogen-bond donors (Lipinski definition) is 3. The predicted octanol–water partition coefficient (Wildman–Crippen LogP) is 1.58. The number of aromatic hydroxyl groups is 1. The maximum Gasteiger partial charge on any atom is 0.244 e. The van der Waals surface area contributed by atoms with E-state index in [4.69, 9.17) is 0 Å². The van der Waals surface area contributed by atoms with Crippen LogP contribution in [-0.2, 0) is 4.79 Å². The summed E-state index contributed by atoms with van der Waals surface area (Å²) in [5, 5.41) is 25.7. The Hall–Kier alpha value is -2.70. The number of rotatable bonds is 6. The molecule has 1 aromatic heterocycles. The molecule has 1 aromatic carbocycles. The third-order valence-corrected chi connectivity index (χ3v) is 2.89. The van der Waals surface area contributed by atoms with Crippen molar-refractivity contribution < 1.29 is 9.90 Å². The number of aromatic nitrogens is 4. The first-order valence-corrected chi connectivity index (χ1v) is 6.70. The lowest BCUT2D eigenvalue weighted by Crippen LogP contribution is -2.27.